The lowest BCUT2D eigenvalue weighted by Crippen LogP contribution is -2.47. The highest BCUT2D eigenvalue weighted by Crippen LogP contribution is 2.34. The van der Waals surface area contributed by atoms with Crippen LogP contribution in [0.25, 0.3) is 0 Å². The van der Waals surface area contributed by atoms with Crippen LogP contribution in [-0.4, -0.2) is 62.5 Å². The maximum atomic E-state index is 11.5. The van der Waals surface area contributed by atoms with Gasteiger partial charge in [-0.15, -0.1) is 11.8 Å². The second kappa shape index (κ2) is 12.2. The van der Waals surface area contributed by atoms with Gasteiger partial charge in [0.1, 0.15) is 6.23 Å². The van der Waals surface area contributed by atoms with E-state index in [1.807, 2.05) is 42.2 Å². The van der Waals surface area contributed by atoms with Gasteiger partial charge in [-0.25, -0.2) is 14.6 Å². The number of pyridine rings is 1. The molecule has 1 saturated carbocycles. The first kappa shape index (κ1) is 26.7. The molecule has 2 aliphatic rings. The molecule has 11 heteroatoms. The summed E-state index contributed by atoms with van der Waals surface area (Å²) in [7, 11) is 0. The molecule has 0 saturated heterocycles. The first-order valence-corrected chi connectivity index (χ1v) is 13.3. The van der Waals surface area contributed by atoms with Crippen LogP contribution >= 0.6 is 23.4 Å². The Balaban J connectivity index is 1.46. The van der Waals surface area contributed by atoms with E-state index >= 15 is 0 Å². The third kappa shape index (κ3) is 6.68. The number of nitrogens with zero attached hydrogens (tertiary/aromatic N) is 1. The van der Waals surface area contributed by atoms with Gasteiger partial charge in [0, 0.05) is 31.0 Å². The molecule has 0 spiro atoms. The van der Waals surface area contributed by atoms with Gasteiger partial charge in [0.2, 0.25) is 0 Å². The van der Waals surface area contributed by atoms with Crippen molar-refractivity contribution in [2.75, 3.05) is 11.9 Å². The molecule has 1 aliphatic heterocycles. The minimum atomic E-state index is -2.19. The Hall–Kier alpha value is -2.37. The van der Waals surface area contributed by atoms with Crippen molar-refractivity contribution < 1.29 is 29.6 Å². The van der Waals surface area contributed by atoms with Crippen LogP contribution in [0.3, 0.4) is 0 Å². The monoisotopic (exact) mass is 535 g/mol. The molecule has 1 aliphatic carbocycles. The van der Waals surface area contributed by atoms with Gasteiger partial charge < -0.3 is 25.4 Å². The Bertz CT molecular complexity index is 1080. The second-order valence-corrected chi connectivity index (χ2v) is 10.7. The van der Waals surface area contributed by atoms with Crippen molar-refractivity contribution in [1.82, 2.24) is 10.3 Å². The van der Waals surface area contributed by atoms with E-state index in [0.29, 0.717) is 35.5 Å². The van der Waals surface area contributed by atoms with Crippen molar-refractivity contribution in [1.29, 1.82) is 0 Å². The maximum absolute atomic E-state index is 11.5. The minimum Gasteiger partial charge on any atom is -0.479 e. The van der Waals surface area contributed by atoms with Crippen molar-refractivity contribution in [2.45, 2.75) is 73.8 Å². The second-order valence-electron chi connectivity index (χ2n) is 9.02. The molecule has 9 nitrogen and oxygen atoms in total. The highest BCUT2D eigenvalue weighted by Gasteiger charge is 2.36. The summed E-state index contributed by atoms with van der Waals surface area (Å²) in [6.45, 7) is 0.976. The molecule has 4 rings (SSSR count). The summed E-state index contributed by atoms with van der Waals surface area (Å²) in [6.07, 6.45) is 2.89. The predicted octanol–water partition coefficient (Wildman–Crippen LogP) is 3.31. The molecule has 1 aromatic heterocycles. The smallest absolute Gasteiger partial charge is 0.336 e. The summed E-state index contributed by atoms with van der Waals surface area (Å²) in [4.78, 5) is 27.3. The molecular formula is C25H30ClN3O6S. The summed E-state index contributed by atoms with van der Waals surface area (Å²) in [5, 5.41) is 36.9. The summed E-state index contributed by atoms with van der Waals surface area (Å²) >= 11 is 8.38. The van der Waals surface area contributed by atoms with Gasteiger partial charge >= 0.3 is 11.9 Å². The van der Waals surface area contributed by atoms with Gasteiger partial charge in [-0.2, -0.15) is 0 Å². The zero-order chi connectivity index (χ0) is 25.7. The molecule has 36 heavy (non-hydrogen) atoms. The van der Waals surface area contributed by atoms with Crippen LogP contribution in [0.5, 0.6) is 0 Å². The fourth-order valence-electron chi connectivity index (χ4n) is 4.57. The lowest BCUT2D eigenvalue weighted by Gasteiger charge is -2.24. The molecule has 1 aromatic carbocycles. The standard InChI is InChI=1S/C25H30ClN3O6S/c26-18-7-6-15-9-10-27-19(35-23(25(33)34)22(30)24(31)32)11-17(15)21(18)29-13-14-5-8-20(28-12-14)36-16-3-1-2-4-16/h5-8,12,16,19,22-23,27,29-30H,1-4,9-11,13H2,(H,31,32)(H,33,34)/t19?,22-,23-/m1/s1. The zero-order valence-corrected chi connectivity index (χ0v) is 21.2. The van der Waals surface area contributed by atoms with E-state index in [1.54, 1.807) is 0 Å². The molecule has 2 aromatic rings. The number of thioether (sulfide) groups is 1. The van der Waals surface area contributed by atoms with E-state index in [0.717, 1.165) is 21.7 Å². The quantitative estimate of drug-likeness (QED) is 0.307. The number of benzene rings is 1. The molecule has 2 heterocycles. The van der Waals surface area contributed by atoms with Gasteiger partial charge in [0.05, 0.1) is 15.7 Å². The van der Waals surface area contributed by atoms with Crippen LogP contribution in [-0.2, 0) is 33.7 Å². The Morgan fingerprint density at radius 1 is 1.19 bits per heavy atom. The molecule has 1 fully saturated rings. The summed E-state index contributed by atoms with van der Waals surface area (Å²) < 4.78 is 5.51. The first-order valence-electron chi connectivity index (χ1n) is 12.0. The van der Waals surface area contributed by atoms with Gasteiger partial charge in [-0.3, -0.25) is 5.32 Å². The fourth-order valence-corrected chi connectivity index (χ4v) is 5.98. The van der Waals surface area contributed by atoms with Crippen molar-refractivity contribution in [3.63, 3.8) is 0 Å². The zero-order valence-electron chi connectivity index (χ0n) is 19.7. The lowest BCUT2D eigenvalue weighted by molar-refractivity contribution is -0.177. The van der Waals surface area contributed by atoms with Crippen LogP contribution < -0.4 is 10.6 Å². The third-order valence-corrected chi connectivity index (χ3v) is 8.07. The van der Waals surface area contributed by atoms with E-state index in [-0.39, 0.29) is 6.42 Å². The Kier molecular flexibility index (Phi) is 9.08. The number of aliphatic carboxylic acids is 2. The van der Waals surface area contributed by atoms with Crippen LogP contribution in [0.15, 0.2) is 35.5 Å². The molecule has 3 atom stereocenters. The molecular weight excluding hydrogens is 506 g/mol. The van der Waals surface area contributed by atoms with Crippen molar-refractivity contribution in [3.05, 3.63) is 52.2 Å². The van der Waals surface area contributed by atoms with Crippen molar-refractivity contribution in [3.8, 4) is 0 Å². The van der Waals surface area contributed by atoms with Crippen LogP contribution in [0.2, 0.25) is 5.02 Å². The van der Waals surface area contributed by atoms with Crippen LogP contribution in [0.1, 0.15) is 42.4 Å². The predicted molar refractivity (Wildman–Crippen MR) is 136 cm³/mol. The van der Waals surface area contributed by atoms with Gasteiger partial charge in [-0.1, -0.05) is 36.6 Å². The van der Waals surface area contributed by atoms with Gasteiger partial charge in [-0.05, 0) is 48.1 Å². The summed E-state index contributed by atoms with van der Waals surface area (Å²) in [5.41, 5.74) is 3.58. The molecule has 1 unspecified atom stereocenters. The SMILES string of the molecule is O=C(O)[C@H](O)[C@@H](OC1Cc2c(ccc(Cl)c2NCc2ccc(SC3CCCC3)nc2)CCN1)C(=O)O. The number of anilines is 1. The maximum Gasteiger partial charge on any atom is 0.336 e. The number of aromatic nitrogens is 1. The molecule has 194 valence electrons. The average molecular weight is 536 g/mol. The number of aliphatic hydroxyl groups is 1. The van der Waals surface area contributed by atoms with E-state index < -0.39 is 30.4 Å². The Labute approximate surface area is 218 Å². The highest BCUT2D eigenvalue weighted by atomic mass is 35.5. The van der Waals surface area contributed by atoms with E-state index in [4.69, 9.17) is 21.4 Å². The first-order chi connectivity index (χ1) is 17.3. The number of fused-ring (bicyclic) bond motifs is 1. The lowest BCUT2D eigenvalue weighted by atomic mass is 10.00. The van der Waals surface area contributed by atoms with Crippen LogP contribution in [0.4, 0.5) is 5.69 Å². The average Bonchev–Trinajstić information content (AvgIpc) is 3.27. The van der Waals surface area contributed by atoms with Crippen molar-refractivity contribution >= 4 is 41.0 Å². The number of hydrogen-bond acceptors (Lipinski definition) is 8. The van der Waals surface area contributed by atoms with E-state index in [2.05, 4.69) is 15.6 Å². The number of rotatable bonds is 10. The van der Waals surface area contributed by atoms with Crippen LogP contribution in [0, 0.1) is 0 Å². The number of halogens is 1. The number of hydrogen-bond donors (Lipinski definition) is 5. The number of carboxylic acid groups (broad SMARTS) is 2. The van der Waals surface area contributed by atoms with Crippen molar-refractivity contribution in [2.24, 2.45) is 0 Å². The fraction of sp³-hybridized carbons (Fsp3) is 0.480. The normalized spacial score (nSPS) is 19.8. The van der Waals surface area contributed by atoms with Gasteiger partial charge in [0.15, 0.2) is 12.2 Å². The Morgan fingerprint density at radius 2 is 1.97 bits per heavy atom. The highest BCUT2D eigenvalue weighted by molar-refractivity contribution is 7.99. The van der Waals surface area contributed by atoms with E-state index in [1.165, 1.54) is 25.7 Å². The Morgan fingerprint density at radius 3 is 2.64 bits per heavy atom. The largest absolute Gasteiger partial charge is 0.479 e. The molecule has 5 N–H and O–H groups in total. The minimum absolute atomic E-state index is 0.240. The number of ether oxygens (including phenoxy) is 1. The number of aliphatic hydroxyl groups excluding tert-OH is 1. The molecule has 0 radical (unpaired) electrons. The molecule has 0 bridgehead atoms. The van der Waals surface area contributed by atoms with E-state index in [9.17, 15) is 19.8 Å². The number of carboxylic acids is 2. The topological polar surface area (TPSA) is 141 Å². The summed E-state index contributed by atoms with van der Waals surface area (Å²) in [6, 6.07) is 7.83. The number of nitrogens with one attached hydrogen (secondary N) is 2. The van der Waals surface area contributed by atoms with Gasteiger partial charge in [0.25, 0.3) is 0 Å². The molecule has 0 amide bonds. The third-order valence-electron chi connectivity index (χ3n) is 6.47. The number of carbonyl (C=O) groups is 2. The summed E-state index contributed by atoms with van der Waals surface area (Å²) in [5.74, 6) is -3.22.